The maximum Gasteiger partial charge on any atom is 0.293 e. The molecule has 0 unspecified atom stereocenters. The minimum absolute atomic E-state index is 0.318. The van der Waals surface area contributed by atoms with E-state index in [-0.39, 0.29) is 5.60 Å². The van der Waals surface area contributed by atoms with Crippen molar-refractivity contribution in [2.24, 2.45) is 5.73 Å². The molecule has 2 N–H and O–H groups in total. The topological polar surface area (TPSA) is 55.6 Å². The van der Waals surface area contributed by atoms with Crippen molar-refractivity contribution in [2.45, 2.75) is 52.1 Å². The zero-order valence-electron chi connectivity index (χ0n) is 14.2. The summed E-state index contributed by atoms with van der Waals surface area (Å²) in [5, 5.41) is 0. The molecular weight excluding hydrogens is 276 g/mol. The molecule has 22 heavy (non-hydrogen) atoms. The lowest BCUT2D eigenvalue weighted by molar-refractivity contribution is -0.138. The van der Waals surface area contributed by atoms with E-state index in [1.54, 1.807) is 0 Å². The van der Waals surface area contributed by atoms with Gasteiger partial charge < -0.3 is 15.4 Å². The van der Waals surface area contributed by atoms with Gasteiger partial charge in [0.05, 0.1) is 0 Å². The molecule has 0 aromatic heterocycles. The van der Waals surface area contributed by atoms with E-state index in [1.165, 1.54) is 43.6 Å². The average Bonchev–Trinajstić information content (AvgIpc) is 2.49. The van der Waals surface area contributed by atoms with Gasteiger partial charge in [0.25, 0.3) is 6.47 Å². The van der Waals surface area contributed by atoms with E-state index in [0.717, 1.165) is 13.0 Å². The Kier molecular flexibility index (Phi) is 7.96. The minimum atomic E-state index is -0.318. The minimum Gasteiger partial charge on any atom is -0.462 e. The Labute approximate surface area is 134 Å². The molecule has 4 nitrogen and oxygen atoms in total. The fourth-order valence-corrected chi connectivity index (χ4v) is 2.34. The molecule has 1 saturated heterocycles. The molecule has 1 heterocycles. The number of hydrogen-bond acceptors (Lipinski definition) is 4. The van der Waals surface area contributed by atoms with Gasteiger partial charge in [0.15, 0.2) is 0 Å². The predicted molar refractivity (Wildman–Crippen MR) is 92.2 cm³/mol. The number of nitrogens with two attached hydrogens (primary N) is 1. The van der Waals surface area contributed by atoms with Gasteiger partial charge in [0, 0.05) is 18.8 Å². The number of ether oxygens (including phenoxy) is 1. The molecule has 2 rings (SSSR count). The van der Waals surface area contributed by atoms with Crippen LogP contribution in [0.25, 0.3) is 0 Å². The summed E-state index contributed by atoms with van der Waals surface area (Å²) < 4.78 is 4.55. The Balaban J connectivity index is 0.000000295. The molecule has 0 atom stereocenters. The number of carbonyl (C=O) groups is 1. The van der Waals surface area contributed by atoms with E-state index in [2.05, 4.69) is 33.9 Å². The second kappa shape index (κ2) is 9.46. The van der Waals surface area contributed by atoms with Crippen molar-refractivity contribution in [3.8, 4) is 0 Å². The highest BCUT2D eigenvalue weighted by Gasteiger charge is 2.10. The van der Waals surface area contributed by atoms with Crippen LogP contribution in [-0.2, 0) is 16.0 Å². The highest BCUT2D eigenvalue weighted by molar-refractivity contribution is 5.47. The third-order valence-electron chi connectivity index (χ3n) is 3.49. The van der Waals surface area contributed by atoms with Gasteiger partial charge in [-0.1, -0.05) is 12.1 Å². The van der Waals surface area contributed by atoms with Gasteiger partial charge >= 0.3 is 0 Å². The molecule has 1 aromatic carbocycles. The fourth-order valence-electron chi connectivity index (χ4n) is 2.34. The normalized spacial score (nSPS) is 14.8. The summed E-state index contributed by atoms with van der Waals surface area (Å²) in [6.45, 7) is 9.10. The zero-order valence-corrected chi connectivity index (χ0v) is 14.2. The number of piperidine rings is 1. The summed E-state index contributed by atoms with van der Waals surface area (Å²) in [7, 11) is 0. The molecule has 0 aliphatic carbocycles. The molecular formula is C18H30N2O2. The molecule has 1 aliphatic heterocycles. The van der Waals surface area contributed by atoms with E-state index in [1.807, 2.05) is 20.8 Å². The van der Waals surface area contributed by atoms with Gasteiger partial charge in [-0.2, -0.15) is 0 Å². The SMILES string of the molecule is CC(C)(C)OC=O.NCCc1ccc(N2CCCCC2)cc1. The first-order chi connectivity index (χ1) is 10.5. The number of anilines is 1. The van der Waals surface area contributed by atoms with E-state index in [4.69, 9.17) is 5.73 Å². The van der Waals surface area contributed by atoms with Crippen molar-refractivity contribution >= 4 is 12.2 Å². The molecule has 0 saturated carbocycles. The summed E-state index contributed by atoms with van der Waals surface area (Å²) in [6, 6.07) is 8.88. The number of nitrogens with zero attached hydrogens (tertiary/aromatic N) is 1. The highest BCUT2D eigenvalue weighted by atomic mass is 16.5. The molecule has 4 heteroatoms. The van der Waals surface area contributed by atoms with Crippen LogP contribution >= 0.6 is 0 Å². The molecule has 0 bridgehead atoms. The van der Waals surface area contributed by atoms with Crippen LogP contribution in [0.5, 0.6) is 0 Å². The van der Waals surface area contributed by atoms with Crippen molar-refractivity contribution in [1.82, 2.24) is 0 Å². The van der Waals surface area contributed by atoms with Crippen LogP contribution in [0.4, 0.5) is 5.69 Å². The molecule has 1 aliphatic rings. The second-order valence-electron chi connectivity index (χ2n) is 6.58. The first-order valence-electron chi connectivity index (χ1n) is 8.11. The van der Waals surface area contributed by atoms with Crippen molar-refractivity contribution < 1.29 is 9.53 Å². The highest BCUT2D eigenvalue weighted by Crippen LogP contribution is 2.20. The van der Waals surface area contributed by atoms with E-state index >= 15 is 0 Å². The van der Waals surface area contributed by atoms with Gasteiger partial charge in [-0.25, -0.2) is 0 Å². The Morgan fingerprint density at radius 1 is 1.14 bits per heavy atom. The van der Waals surface area contributed by atoms with Crippen LogP contribution in [0.1, 0.15) is 45.6 Å². The largest absolute Gasteiger partial charge is 0.462 e. The van der Waals surface area contributed by atoms with E-state index in [9.17, 15) is 4.79 Å². The maximum atomic E-state index is 9.60. The summed E-state index contributed by atoms with van der Waals surface area (Å²) in [4.78, 5) is 12.1. The Morgan fingerprint density at radius 3 is 2.14 bits per heavy atom. The lowest BCUT2D eigenvalue weighted by atomic mass is 10.1. The van der Waals surface area contributed by atoms with Crippen LogP contribution in [0.3, 0.4) is 0 Å². The average molecular weight is 306 g/mol. The van der Waals surface area contributed by atoms with Gasteiger partial charge in [0.1, 0.15) is 5.60 Å². The summed E-state index contributed by atoms with van der Waals surface area (Å²) >= 11 is 0. The van der Waals surface area contributed by atoms with Crippen molar-refractivity contribution in [3.05, 3.63) is 29.8 Å². The summed E-state index contributed by atoms with van der Waals surface area (Å²) in [5.41, 5.74) is 7.93. The van der Waals surface area contributed by atoms with Crippen LogP contribution in [0.2, 0.25) is 0 Å². The first-order valence-corrected chi connectivity index (χ1v) is 8.11. The number of hydrogen-bond donors (Lipinski definition) is 1. The number of carbonyl (C=O) groups excluding carboxylic acids is 1. The molecule has 0 radical (unpaired) electrons. The molecule has 124 valence electrons. The van der Waals surface area contributed by atoms with Crippen LogP contribution in [0, 0.1) is 0 Å². The number of rotatable bonds is 4. The van der Waals surface area contributed by atoms with Crippen molar-refractivity contribution in [2.75, 3.05) is 24.5 Å². The monoisotopic (exact) mass is 306 g/mol. The standard InChI is InChI=1S/C13H20N2.C5H10O2/c14-9-8-12-4-6-13(7-5-12)15-10-2-1-3-11-15;1-5(2,3)7-4-6/h4-7H,1-3,8-11,14H2;4H,1-3H3. The first kappa shape index (κ1) is 18.5. The zero-order chi connectivity index (χ0) is 16.4. The lowest BCUT2D eigenvalue weighted by Crippen LogP contribution is -2.29. The van der Waals surface area contributed by atoms with Gasteiger partial charge in [-0.3, -0.25) is 4.79 Å². The van der Waals surface area contributed by atoms with Crippen LogP contribution < -0.4 is 10.6 Å². The number of benzene rings is 1. The molecule has 1 fully saturated rings. The van der Waals surface area contributed by atoms with Crippen molar-refractivity contribution in [3.63, 3.8) is 0 Å². The molecule has 0 amide bonds. The predicted octanol–water partition coefficient (Wildman–Crippen LogP) is 3.14. The quantitative estimate of drug-likeness (QED) is 0.868. The summed E-state index contributed by atoms with van der Waals surface area (Å²) in [6.07, 6.45) is 5.05. The van der Waals surface area contributed by atoms with Gasteiger partial charge in [-0.05, 0) is 70.7 Å². The van der Waals surface area contributed by atoms with Crippen LogP contribution in [0.15, 0.2) is 24.3 Å². The lowest BCUT2D eigenvalue weighted by Gasteiger charge is -2.28. The fraction of sp³-hybridized carbons (Fsp3) is 0.611. The summed E-state index contributed by atoms with van der Waals surface area (Å²) in [5.74, 6) is 0. The van der Waals surface area contributed by atoms with E-state index < -0.39 is 0 Å². The van der Waals surface area contributed by atoms with E-state index in [0.29, 0.717) is 6.47 Å². The second-order valence-corrected chi connectivity index (χ2v) is 6.58. The Morgan fingerprint density at radius 2 is 1.73 bits per heavy atom. The third-order valence-corrected chi connectivity index (χ3v) is 3.49. The molecule has 1 aromatic rings. The van der Waals surface area contributed by atoms with Crippen molar-refractivity contribution in [1.29, 1.82) is 0 Å². The van der Waals surface area contributed by atoms with Gasteiger partial charge in [-0.15, -0.1) is 0 Å². The third kappa shape index (κ3) is 7.46. The molecule has 0 spiro atoms. The smallest absolute Gasteiger partial charge is 0.293 e. The van der Waals surface area contributed by atoms with Crippen LogP contribution in [-0.4, -0.2) is 31.7 Å². The maximum absolute atomic E-state index is 9.60. The Hall–Kier alpha value is -1.55. The van der Waals surface area contributed by atoms with Gasteiger partial charge in [0.2, 0.25) is 0 Å². The Bertz CT molecular complexity index is 418.